The summed E-state index contributed by atoms with van der Waals surface area (Å²) in [6.07, 6.45) is 3.51. The van der Waals surface area contributed by atoms with Gasteiger partial charge < -0.3 is 0 Å². The highest BCUT2D eigenvalue weighted by Gasteiger charge is 2.44. The second kappa shape index (κ2) is 5.18. The van der Waals surface area contributed by atoms with E-state index >= 15 is 0 Å². The molecule has 0 spiro atoms. The Morgan fingerprint density at radius 3 is 2.42 bits per heavy atom. The topological polar surface area (TPSA) is 34.1 Å². The molecule has 0 radical (unpaired) electrons. The van der Waals surface area contributed by atoms with E-state index in [0.717, 1.165) is 23.3 Å². The van der Waals surface area contributed by atoms with Crippen LogP contribution in [0.2, 0.25) is 0 Å². The smallest absolute Gasteiger partial charge is 0.172 e. The molecule has 0 aliphatic heterocycles. The molecule has 0 amide bonds. The predicted octanol–water partition coefficient (Wildman–Crippen LogP) is 4.92. The molecule has 3 aromatic carbocycles. The first-order valence-corrected chi connectivity index (χ1v) is 8.34. The van der Waals surface area contributed by atoms with Crippen LogP contribution in [-0.4, -0.2) is 11.6 Å². The van der Waals surface area contributed by atoms with Crippen LogP contribution in [-0.2, 0) is 0 Å². The molecule has 2 atom stereocenters. The molecule has 0 aromatic heterocycles. The number of hydrogen-bond donors (Lipinski definition) is 0. The molecule has 0 bridgehead atoms. The highest BCUT2D eigenvalue weighted by atomic mass is 19.1. The summed E-state index contributed by atoms with van der Waals surface area (Å²) in [7, 11) is 0. The summed E-state index contributed by atoms with van der Waals surface area (Å²) in [5, 5.41) is -0.0879. The molecule has 0 fully saturated rings. The first kappa shape index (κ1) is 15.1. The summed E-state index contributed by atoms with van der Waals surface area (Å²) in [6.45, 7) is 0. The van der Waals surface area contributed by atoms with Gasteiger partial charge in [0.05, 0.1) is 11.8 Å². The summed E-state index contributed by atoms with van der Waals surface area (Å²) < 4.78 is 28.6. The van der Waals surface area contributed by atoms with E-state index < -0.39 is 23.5 Å². The van der Waals surface area contributed by atoms with Crippen molar-refractivity contribution in [3.8, 4) is 0 Å². The van der Waals surface area contributed by atoms with Gasteiger partial charge in [-0.05, 0) is 29.3 Å². The molecule has 0 N–H and O–H groups in total. The van der Waals surface area contributed by atoms with E-state index in [0.29, 0.717) is 0 Å². The third kappa shape index (κ3) is 1.84. The molecular formula is C22H12F2O2. The zero-order valence-corrected chi connectivity index (χ0v) is 13.5. The molecule has 0 heterocycles. The number of allylic oxidation sites excluding steroid dienone is 1. The molecule has 2 aliphatic carbocycles. The molecule has 0 saturated heterocycles. The van der Waals surface area contributed by atoms with E-state index in [1.165, 1.54) is 12.1 Å². The summed E-state index contributed by atoms with van der Waals surface area (Å²) in [5.41, 5.74) is 1.85. The predicted molar refractivity (Wildman–Crippen MR) is 94.2 cm³/mol. The van der Waals surface area contributed by atoms with E-state index in [2.05, 4.69) is 0 Å². The van der Waals surface area contributed by atoms with Crippen LogP contribution in [0.4, 0.5) is 8.78 Å². The van der Waals surface area contributed by atoms with Gasteiger partial charge in [-0.25, -0.2) is 8.78 Å². The van der Waals surface area contributed by atoms with Gasteiger partial charge >= 0.3 is 0 Å². The van der Waals surface area contributed by atoms with E-state index in [4.69, 9.17) is 0 Å². The second-order valence-electron chi connectivity index (χ2n) is 6.66. The fourth-order valence-electron chi connectivity index (χ4n) is 4.17. The maximum atomic E-state index is 14.5. The van der Waals surface area contributed by atoms with Crippen molar-refractivity contribution in [2.24, 2.45) is 5.92 Å². The zero-order chi connectivity index (χ0) is 18.0. The maximum absolute atomic E-state index is 14.5. The number of ketones is 2. The van der Waals surface area contributed by atoms with Crippen LogP contribution in [0.15, 0.2) is 54.6 Å². The van der Waals surface area contributed by atoms with E-state index in [1.807, 2.05) is 30.3 Å². The largest absolute Gasteiger partial charge is 0.293 e. The number of hydrogen-bond acceptors (Lipinski definition) is 2. The molecule has 5 rings (SSSR count). The highest BCUT2D eigenvalue weighted by Crippen LogP contribution is 2.44. The number of halogens is 2. The van der Waals surface area contributed by atoms with Gasteiger partial charge in [0.1, 0.15) is 11.6 Å². The van der Waals surface area contributed by atoms with Gasteiger partial charge in [-0.2, -0.15) is 0 Å². The van der Waals surface area contributed by atoms with Crippen LogP contribution < -0.4 is 0 Å². The van der Waals surface area contributed by atoms with E-state index in [9.17, 15) is 18.4 Å². The van der Waals surface area contributed by atoms with Crippen molar-refractivity contribution in [2.45, 2.75) is 5.92 Å². The molecule has 2 unspecified atom stereocenters. The number of Topliss-reactive ketones (excluding diaryl/α,β-unsaturated/α-hetero) is 2. The van der Waals surface area contributed by atoms with Crippen LogP contribution in [0.1, 0.15) is 37.8 Å². The van der Waals surface area contributed by atoms with E-state index in [1.54, 1.807) is 6.08 Å². The van der Waals surface area contributed by atoms with Gasteiger partial charge in [0.25, 0.3) is 0 Å². The Morgan fingerprint density at radius 1 is 0.808 bits per heavy atom. The molecule has 3 aromatic rings. The molecule has 26 heavy (non-hydrogen) atoms. The van der Waals surface area contributed by atoms with Crippen molar-refractivity contribution in [3.63, 3.8) is 0 Å². The fraction of sp³-hybridized carbons (Fsp3) is 0.0909. The summed E-state index contributed by atoms with van der Waals surface area (Å²) in [6, 6.07) is 12.3. The average Bonchev–Trinajstić information content (AvgIpc) is 2.67. The minimum Gasteiger partial charge on any atom is -0.293 e. The Bertz CT molecular complexity index is 1160. The van der Waals surface area contributed by atoms with Crippen molar-refractivity contribution in [3.05, 3.63) is 88.5 Å². The number of carbonyl (C=O) groups excluding carboxylic acids is 2. The standard InChI is InChI=1S/C22H12F2O2/c23-16-9-10-17(24)19-13(16)7-8-15-20(19)22(26)14-6-5-11-3-1-2-4-12(11)18(14)21(15)25/h1-10,14,18H. The molecule has 4 heteroatoms. The Kier molecular flexibility index (Phi) is 3.02. The summed E-state index contributed by atoms with van der Waals surface area (Å²) in [4.78, 5) is 26.4. The molecule has 126 valence electrons. The lowest BCUT2D eigenvalue weighted by Crippen LogP contribution is -2.36. The number of rotatable bonds is 0. The highest BCUT2D eigenvalue weighted by molar-refractivity contribution is 6.24. The summed E-state index contributed by atoms with van der Waals surface area (Å²) in [5.74, 6) is -3.20. The number of benzene rings is 3. The molecular weight excluding hydrogens is 334 g/mol. The van der Waals surface area contributed by atoms with Crippen LogP contribution in [0.25, 0.3) is 16.8 Å². The number of fused-ring (bicyclic) bond motifs is 6. The molecule has 0 saturated carbocycles. The van der Waals surface area contributed by atoms with E-state index in [-0.39, 0.29) is 33.5 Å². The third-order valence-corrected chi connectivity index (χ3v) is 5.35. The minimum atomic E-state index is -0.696. The van der Waals surface area contributed by atoms with Gasteiger partial charge in [-0.3, -0.25) is 9.59 Å². The SMILES string of the molecule is O=C1c2c(ccc3c(F)ccc(F)c23)C(=O)C2c3ccccc3C=CC12. The lowest BCUT2D eigenvalue weighted by atomic mass is 9.67. The molecule has 2 nitrogen and oxygen atoms in total. The van der Waals surface area contributed by atoms with Gasteiger partial charge in [-0.15, -0.1) is 0 Å². The Morgan fingerprint density at radius 2 is 1.58 bits per heavy atom. The van der Waals surface area contributed by atoms with Crippen LogP contribution in [0.3, 0.4) is 0 Å². The van der Waals surface area contributed by atoms with Crippen molar-refractivity contribution in [1.82, 2.24) is 0 Å². The molecule has 2 aliphatic rings. The van der Waals surface area contributed by atoms with Crippen molar-refractivity contribution >= 4 is 28.4 Å². The summed E-state index contributed by atoms with van der Waals surface area (Å²) >= 11 is 0. The Hall–Kier alpha value is -3.14. The van der Waals surface area contributed by atoms with Gasteiger partial charge in [0, 0.05) is 21.9 Å². The first-order chi connectivity index (χ1) is 12.6. The Balaban J connectivity index is 1.83. The monoisotopic (exact) mass is 346 g/mol. The zero-order valence-electron chi connectivity index (χ0n) is 13.5. The normalized spacial score (nSPS) is 20.7. The van der Waals surface area contributed by atoms with Gasteiger partial charge in [-0.1, -0.05) is 42.5 Å². The maximum Gasteiger partial charge on any atom is 0.172 e. The van der Waals surface area contributed by atoms with Crippen LogP contribution >= 0.6 is 0 Å². The second-order valence-corrected chi connectivity index (χ2v) is 6.66. The Labute approximate surface area is 147 Å². The first-order valence-electron chi connectivity index (χ1n) is 8.34. The van der Waals surface area contributed by atoms with Gasteiger partial charge in [0.2, 0.25) is 0 Å². The number of carbonyl (C=O) groups is 2. The van der Waals surface area contributed by atoms with Crippen LogP contribution in [0.5, 0.6) is 0 Å². The van der Waals surface area contributed by atoms with Crippen LogP contribution in [0, 0.1) is 17.6 Å². The van der Waals surface area contributed by atoms with Crippen molar-refractivity contribution in [1.29, 1.82) is 0 Å². The lowest BCUT2D eigenvalue weighted by Gasteiger charge is -2.33. The van der Waals surface area contributed by atoms with Crippen molar-refractivity contribution < 1.29 is 18.4 Å². The lowest BCUT2D eigenvalue weighted by molar-refractivity contribution is 0.0821. The average molecular weight is 346 g/mol. The fourth-order valence-corrected chi connectivity index (χ4v) is 4.17. The quantitative estimate of drug-likeness (QED) is 0.579. The van der Waals surface area contributed by atoms with Gasteiger partial charge in [0.15, 0.2) is 11.6 Å². The minimum absolute atomic E-state index is 0.00483. The third-order valence-electron chi connectivity index (χ3n) is 5.35. The van der Waals surface area contributed by atoms with Crippen molar-refractivity contribution in [2.75, 3.05) is 0 Å².